The van der Waals surface area contributed by atoms with Crippen LogP contribution in [0.1, 0.15) is 35.1 Å². The first-order valence-electron chi connectivity index (χ1n) is 7.41. The van der Waals surface area contributed by atoms with Crippen LogP contribution in [-0.4, -0.2) is 12.0 Å². The van der Waals surface area contributed by atoms with Crippen LogP contribution in [0.15, 0.2) is 42.6 Å². The van der Waals surface area contributed by atoms with Gasteiger partial charge in [0.05, 0.1) is 5.02 Å². The lowest BCUT2D eigenvalue weighted by Gasteiger charge is -2.12. The van der Waals surface area contributed by atoms with Crippen LogP contribution < -0.4 is 5.32 Å². The summed E-state index contributed by atoms with van der Waals surface area (Å²) in [6, 6.07) is 11.1. The lowest BCUT2D eigenvalue weighted by molar-refractivity contribution is 0.561. The molecule has 2 aromatic carbocycles. The molecule has 3 aromatic rings. The van der Waals surface area contributed by atoms with E-state index in [4.69, 9.17) is 11.6 Å². The molecule has 0 fully saturated rings. The van der Waals surface area contributed by atoms with E-state index in [1.165, 1.54) is 11.1 Å². The fourth-order valence-corrected chi connectivity index (χ4v) is 3.95. The number of rotatable bonds is 2. The molecule has 2 nitrogen and oxygen atoms in total. The van der Waals surface area contributed by atoms with Crippen LogP contribution in [0.2, 0.25) is 5.02 Å². The van der Waals surface area contributed by atoms with Crippen LogP contribution in [0.5, 0.6) is 0 Å². The molecular weight excluding hydrogens is 299 g/mol. The summed E-state index contributed by atoms with van der Waals surface area (Å²) in [5.74, 6) is 0.0401. The van der Waals surface area contributed by atoms with E-state index in [9.17, 15) is 4.39 Å². The number of halogens is 2. The number of H-pyrrole nitrogens is 1. The maximum atomic E-state index is 13.6. The first-order valence-corrected chi connectivity index (χ1v) is 7.79. The number of aromatic amines is 1. The Labute approximate surface area is 133 Å². The first-order chi connectivity index (χ1) is 10.7. The van der Waals surface area contributed by atoms with Gasteiger partial charge in [0, 0.05) is 29.1 Å². The van der Waals surface area contributed by atoms with E-state index in [1.807, 2.05) is 37.5 Å². The van der Waals surface area contributed by atoms with Crippen LogP contribution in [0, 0.1) is 5.82 Å². The second kappa shape index (κ2) is 5.11. The fourth-order valence-electron chi connectivity index (χ4n) is 3.66. The highest BCUT2D eigenvalue weighted by Gasteiger charge is 2.33. The van der Waals surface area contributed by atoms with Gasteiger partial charge < -0.3 is 10.3 Å². The number of nitrogens with one attached hydrogen (secondary N) is 2. The van der Waals surface area contributed by atoms with Gasteiger partial charge in [-0.2, -0.15) is 0 Å². The number of hydrogen-bond donors (Lipinski definition) is 2. The molecular formula is C18H16ClFN2. The summed E-state index contributed by atoms with van der Waals surface area (Å²) in [5, 5.41) is 5.12. The number of hydrogen-bond acceptors (Lipinski definition) is 1. The Kier molecular flexibility index (Phi) is 3.21. The van der Waals surface area contributed by atoms with Crippen molar-refractivity contribution in [3.05, 3.63) is 70.1 Å². The second-order valence-electron chi connectivity index (χ2n) is 5.81. The minimum absolute atomic E-state index is 0.170. The molecule has 112 valence electrons. The topological polar surface area (TPSA) is 27.8 Å². The molecule has 0 aliphatic heterocycles. The SMILES string of the molecule is CNC1CC(c2c[nH]c3cccc(Cl)c23)c2ccc(F)cc21. The van der Waals surface area contributed by atoms with Crippen molar-refractivity contribution >= 4 is 22.5 Å². The summed E-state index contributed by atoms with van der Waals surface area (Å²) in [6.07, 6.45) is 2.94. The minimum atomic E-state index is -0.184. The zero-order valence-electron chi connectivity index (χ0n) is 12.2. The Hall–Kier alpha value is -1.84. The van der Waals surface area contributed by atoms with Crippen LogP contribution in [0.25, 0.3) is 10.9 Å². The molecule has 1 aliphatic rings. The maximum absolute atomic E-state index is 13.6. The molecule has 22 heavy (non-hydrogen) atoms. The van der Waals surface area contributed by atoms with E-state index in [1.54, 1.807) is 12.1 Å². The third kappa shape index (κ3) is 1.97. The fraction of sp³-hybridized carbons (Fsp3) is 0.222. The Morgan fingerprint density at radius 1 is 1.18 bits per heavy atom. The van der Waals surface area contributed by atoms with Gasteiger partial charge >= 0.3 is 0 Å². The summed E-state index contributed by atoms with van der Waals surface area (Å²) < 4.78 is 13.6. The predicted octanol–water partition coefficient (Wildman–Crippen LogP) is 4.76. The molecule has 0 saturated heterocycles. The van der Waals surface area contributed by atoms with Gasteiger partial charge in [0.2, 0.25) is 0 Å². The van der Waals surface area contributed by atoms with E-state index < -0.39 is 0 Å². The van der Waals surface area contributed by atoms with Gasteiger partial charge in [-0.3, -0.25) is 0 Å². The quantitative estimate of drug-likeness (QED) is 0.701. The zero-order chi connectivity index (χ0) is 15.3. The third-order valence-corrected chi connectivity index (χ3v) is 5.00. The van der Waals surface area contributed by atoms with Gasteiger partial charge in [-0.1, -0.05) is 23.7 Å². The molecule has 0 bridgehead atoms. The zero-order valence-corrected chi connectivity index (χ0v) is 12.9. The van der Waals surface area contributed by atoms with Crippen LogP contribution >= 0.6 is 11.6 Å². The molecule has 0 amide bonds. The van der Waals surface area contributed by atoms with Gasteiger partial charge in [-0.05, 0) is 54.4 Å². The van der Waals surface area contributed by atoms with Crippen LogP contribution in [0.3, 0.4) is 0 Å². The molecule has 1 aliphatic carbocycles. The van der Waals surface area contributed by atoms with E-state index >= 15 is 0 Å². The van der Waals surface area contributed by atoms with Gasteiger partial charge in [0.15, 0.2) is 0 Å². The molecule has 4 heteroatoms. The number of benzene rings is 2. The van der Waals surface area contributed by atoms with Crippen molar-refractivity contribution in [2.45, 2.75) is 18.4 Å². The summed E-state index contributed by atoms with van der Waals surface area (Å²) in [4.78, 5) is 3.30. The summed E-state index contributed by atoms with van der Waals surface area (Å²) in [7, 11) is 1.92. The lowest BCUT2D eigenvalue weighted by atomic mass is 9.92. The minimum Gasteiger partial charge on any atom is -0.361 e. The number of aromatic nitrogens is 1. The van der Waals surface area contributed by atoms with E-state index in [2.05, 4.69) is 10.3 Å². The normalized spacial score (nSPS) is 20.5. The van der Waals surface area contributed by atoms with Gasteiger partial charge in [0.25, 0.3) is 0 Å². The van der Waals surface area contributed by atoms with Crippen molar-refractivity contribution < 1.29 is 4.39 Å². The standard InChI is InChI=1S/C18H16ClFN2/c1-21-17-8-12(11-6-5-10(20)7-13(11)17)14-9-22-16-4-2-3-15(19)18(14)16/h2-7,9,12,17,21-22H,8H2,1H3. The van der Waals surface area contributed by atoms with Gasteiger partial charge in [-0.25, -0.2) is 4.39 Å². The first kappa shape index (κ1) is 13.8. The average molecular weight is 315 g/mol. The molecule has 0 spiro atoms. The van der Waals surface area contributed by atoms with Crippen molar-refractivity contribution in [2.75, 3.05) is 7.05 Å². The van der Waals surface area contributed by atoms with E-state index in [0.717, 1.165) is 27.9 Å². The molecule has 4 rings (SSSR count). The van der Waals surface area contributed by atoms with Crippen molar-refractivity contribution in [1.82, 2.24) is 10.3 Å². The molecule has 2 atom stereocenters. The largest absolute Gasteiger partial charge is 0.361 e. The lowest BCUT2D eigenvalue weighted by Crippen LogP contribution is -2.13. The Bertz CT molecular complexity index is 855. The molecule has 0 saturated carbocycles. The Morgan fingerprint density at radius 3 is 2.86 bits per heavy atom. The van der Waals surface area contributed by atoms with Gasteiger partial charge in [-0.15, -0.1) is 0 Å². The van der Waals surface area contributed by atoms with Crippen molar-refractivity contribution in [3.8, 4) is 0 Å². The van der Waals surface area contributed by atoms with Crippen molar-refractivity contribution in [2.24, 2.45) is 0 Å². The Balaban J connectivity index is 1.90. The molecule has 2 N–H and O–H groups in total. The van der Waals surface area contributed by atoms with E-state index in [0.29, 0.717) is 0 Å². The van der Waals surface area contributed by atoms with Gasteiger partial charge in [0.1, 0.15) is 5.82 Å². The van der Waals surface area contributed by atoms with Crippen LogP contribution in [0.4, 0.5) is 4.39 Å². The molecule has 0 radical (unpaired) electrons. The summed E-state index contributed by atoms with van der Waals surface area (Å²) >= 11 is 6.41. The van der Waals surface area contributed by atoms with Crippen molar-refractivity contribution in [1.29, 1.82) is 0 Å². The van der Waals surface area contributed by atoms with Crippen LogP contribution in [-0.2, 0) is 0 Å². The van der Waals surface area contributed by atoms with E-state index in [-0.39, 0.29) is 17.8 Å². The molecule has 2 unspecified atom stereocenters. The summed E-state index contributed by atoms with van der Waals surface area (Å²) in [5.41, 5.74) is 4.46. The Morgan fingerprint density at radius 2 is 2.05 bits per heavy atom. The second-order valence-corrected chi connectivity index (χ2v) is 6.22. The number of fused-ring (bicyclic) bond motifs is 2. The highest BCUT2D eigenvalue weighted by Crippen LogP contribution is 2.46. The monoisotopic (exact) mass is 314 g/mol. The highest BCUT2D eigenvalue weighted by atomic mass is 35.5. The summed E-state index contributed by atoms with van der Waals surface area (Å²) in [6.45, 7) is 0. The predicted molar refractivity (Wildman–Crippen MR) is 88.0 cm³/mol. The smallest absolute Gasteiger partial charge is 0.123 e. The molecule has 1 heterocycles. The average Bonchev–Trinajstić information content (AvgIpc) is 3.08. The maximum Gasteiger partial charge on any atom is 0.123 e. The molecule has 1 aromatic heterocycles. The highest BCUT2D eigenvalue weighted by molar-refractivity contribution is 6.35. The third-order valence-electron chi connectivity index (χ3n) is 4.68. The van der Waals surface area contributed by atoms with Crippen molar-refractivity contribution in [3.63, 3.8) is 0 Å².